The minimum atomic E-state index is 1.24. The standard InChI is InChI=1S/C24H15NS2/c1-4-16-8-9-18-11-13-20(19-12-10-17(5-1)23(16)24(18)19)25(21-6-2-14-26-21)22-7-3-15-27-22/h1-15H. The molecule has 0 unspecified atom stereocenters. The van der Waals surface area contributed by atoms with E-state index in [0.717, 1.165) is 0 Å². The summed E-state index contributed by atoms with van der Waals surface area (Å²) in [5.41, 5.74) is 1.24. The monoisotopic (exact) mass is 381 g/mol. The minimum Gasteiger partial charge on any atom is -0.292 e. The molecule has 0 saturated heterocycles. The second kappa shape index (κ2) is 5.81. The van der Waals surface area contributed by atoms with Crippen molar-refractivity contribution < 1.29 is 0 Å². The molecule has 128 valence electrons. The van der Waals surface area contributed by atoms with Crippen molar-refractivity contribution in [1.82, 2.24) is 0 Å². The maximum Gasteiger partial charge on any atom is 0.101 e. The van der Waals surface area contributed by atoms with Crippen molar-refractivity contribution in [1.29, 1.82) is 0 Å². The van der Waals surface area contributed by atoms with Crippen molar-refractivity contribution in [2.45, 2.75) is 0 Å². The van der Waals surface area contributed by atoms with Gasteiger partial charge >= 0.3 is 0 Å². The molecule has 0 aliphatic heterocycles. The second-order valence-electron chi connectivity index (χ2n) is 6.68. The molecule has 2 heterocycles. The quantitative estimate of drug-likeness (QED) is 0.279. The average molecular weight is 382 g/mol. The van der Waals surface area contributed by atoms with E-state index in [1.807, 2.05) is 0 Å². The maximum absolute atomic E-state index is 2.39. The molecule has 0 aliphatic rings. The van der Waals surface area contributed by atoms with Crippen LogP contribution >= 0.6 is 22.7 Å². The second-order valence-corrected chi connectivity index (χ2v) is 8.53. The number of benzene rings is 4. The predicted molar refractivity (Wildman–Crippen MR) is 121 cm³/mol. The van der Waals surface area contributed by atoms with Crippen LogP contribution in [-0.2, 0) is 0 Å². The fourth-order valence-electron chi connectivity index (χ4n) is 4.06. The third kappa shape index (κ3) is 2.22. The summed E-state index contributed by atoms with van der Waals surface area (Å²) in [6.07, 6.45) is 0. The highest BCUT2D eigenvalue weighted by atomic mass is 32.1. The Hall–Kier alpha value is -2.88. The van der Waals surface area contributed by atoms with Crippen LogP contribution in [-0.4, -0.2) is 0 Å². The molecular formula is C24H15NS2. The van der Waals surface area contributed by atoms with E-state index in [4.69, 9.17) is 0 Å². The highest BCUT2D eigenvalue weighted by molar-refractivity contribution is 7.16. The van der Waals surface area contributed by atoms with Crippen molar-refractivity contribution in [3.05, 3.63) is 89.6 Å². The zero-order chi connectivity index (χ0) is 17.8. The molecule has 3 heteroatoms. The van der Waals surface area contributed by atoms with E-state index in [1.165, 1.54) is 48.0 Å². The Labute approximate surface area is 165 Å². The molecule has 0 bridgehead atoms. The lowest BCUT2D eigenvalue weighted by atomic mass is 9.93. The van der Waals surface area contributed by atoms with Crippen molar-refractivity contribution >= 4 is 70.7 Å². The van der Waals surface area contributed by atoms with Gasteiger partial charge in [-0.1, -0.05) is 48.5 Å². The lowest BCUT2D eigenvalue weighted by molar-refractivity contribution is 1.38. The van der Waals surface area contributed by atoms with Gasteiger partial charge in [-0.05, 0) is 68.0 Å². The first-order chi connectivity index (χ1) is 13.4. The SMILES string of the molecule is c1csc(N(c2cccs2)c2ccc3ccc4cccc5ccc2c3c45)c1. The number of hydrogen-bond donors (Lipinski definition) is 0. The molecule has 4 aromatic carbocycles. The molecule has 6 aromatic rings. The first kappa shape index (κ1) is 15.2. The van der Waals surface area contributed by atoms with Gasteiger partial charge in [-0.25, -0.2) is 0 Å². The average Bonchev–Trinajstić information content (AvgIpc) is 3.42. The van der Waals surface area contributed by atoms with Crippen LogP contribution in [0.4, 0.5) is 15.7 Å². The van der Waals surface area contributed by atoms with Gasteiger partial charge in [-0.15, -0.1) is 22.7 Å². The first-order valence-corrected chi connectivity index (χ1v) is 10.7. The van der Waals surface area contributed by atoms with Crippen molar-refractivity contribution in [2.24, 2.45) is 0 Å². The molecule has 0 radical (unpaired) electrons. The third-order valence-electron chi connectivity index (χ3n) is 5.20. The Bertz CT molecular complexity index is 1310. The van der Waals surface area contributed by atoms with Crippen LogP contribution in [0.5, 0.6) is 0 Å². The molecule has 0 spiro atoms. The van der Waals surface area contributed by atoms with E-state index in [1.54, 1.807) is 22.7 Å². The van der Waals surface area contributed by atoms with Crippen molar-refractivity contribution in [3.8, 4) is 0 Å². The summed E-state index contributed by atoms with van der Waals surface area (Å²) in [4.78, 5) is 2.39. The molecule has 0 fully saturated rings. The Balaban J connectivity index is 1.74. The summed E-state index contributed by atoms with van der Waals surface area (Å²) in [7, 11) is 0. The van der Waals surface area contributed by atoms with Gasteiger partial charge in [0.05, 0.1) is 5.69 Å². The van der Waals surface area contributed by atoms with Gasteiger partial charge in [0, 0.05) is 5.39 Å². The van der Waals surface area contributed by atoms with E-state index in [2.05, 4.69) is 94.5 Å². The van der Waals surface area contributed by atoms with Crippen molar-refractivity contribution in [2.75, 3.05) is 4.90 Å². The molecule has 0 saturated carbocycles. The van der Waals surface area contributed by atoms with E-state index >= 15 is 0 Å². The zero-order valence-corrected chi connectivity index (χ0v) is 16.1. The van der Waals surface area contributed by atoms with Crippen LogP contribution in [0.3, 0.4) is 0 Å². The molecule has 0 aliphatic carbocycles. The Kier molecular flexibility index (Phi) is 3.27. The van der Waals surface area contributed by atoms with Gasteiger partial charge in [0.25, 0.3) is 0 Å². The lowest BCUT2D eigenvalue weighted by Gasteiger charge is -2.24. The van der Waals surface area contributed by atoms with E-state index in [0.29, 0.717) is 0 Å². The summed E-state index contributed by atoms with van der Waals surface area (Å²) in [6.45, 7) is 0. The number of anilines is 3. The first-order valence-electron chi connectivity index (χ1n) is 8.94. The smallest absolute Gasteiger partial charge is 0.101 e. The number of hydrogen-bond acceptors (Lipinski definition) is 3. The largest absolute Gasteiger partial charge is 0.292 e. The molecule has 0 atom stereocenters. The zero-order valence-electron chi connectivity index (χ0n) is 14.4. The summed E-state index contributed by atoms with van der Waals surface area (Å²) < 4.78 is 0. The number of rotatable bonds is 3. The minimum absolute atomic E-state index is 1.24. The fraction of sp³-hybridized carbons (Fsp3) is 0. The predicted octanol–water partition coefficient (Wildman–Crippen LogP) is 8.18. The molecule has 6 rings (SSSR count). The molecule has 2 aromatic heterocycles. The lowest BCUT2D eigenvalue weighted by Crippen LogP contribution is -2.07. The van der Waals surface area contributed by atoms with Crippen LogP contribution < -0.4 is 4.90 Å². The van der Waals surface area contributed by atoms with Crippen LogP contribution in [0.25, 0.3) is 32.3 Å². The van der Waals surface area contributed by atoms with Gasteiger partial charge in [0.1, 0.15) is 10.0 Å². The van der Waals surface area contributed by atoms with E-state index in [9.17, 15) is 0 Å². The Morgan fingerprint density at radius 2 is 1.11 bits per heavy atom. The highest BCUT2D eigenvalue weighted by Crippen LogP contribution is 2.45. The Morgan fingerprint density at radius 3 is 1.74 bits per heavy atom. The molecule has 0 amide bonds. The molecule has 0 N–H and O–H groups in total. The Morgan fingerprint density at radius 1 is 0.519 bits per heavy atom. The van der Waals surface area contributed by atoms with Gasteiger partial charge in [0.2, 0.25) is 0 Å². The van der Waals surface area contributed by atoms with Crippen LogP contribution in [0, 0.1) is 0 Å². The molecule has 1 nitrogen and oxygen atoms in total. The summed E-state index contributed by atoms with van der Waals surface area (Å²) >= 11 is 3.55. The summed E-state index contributed by atoms with van der Waals surface area (Å²) in [6, 6.07) is 28.8. The summed E-state index contributed by atoms with van der Waals surface area (Å²) in [5.74, 6) is 0. The topological polar surface area (TPSA) is 3.24 Å². The summed E-state index contributed by atoms with van der Waals surface area (Å²) in [5, 5.41) is 14.7. The number of nitrogens with zero attached hydrogens (tertiary/aromatic N) is 1. The third-order valence-corrected chi connectivity index (χ3v) is 6.91. The van der Waals surface area contributed by atoms with Crippen molar-refractivity contribution in [3.63, 3.8) is 0 Å². The van der Waals surface area contributed by atoms with Crippen LogP contribution in [0.1, 0.15) is 0 Å². The van der Waals surface area contributed by atoms with Crippen LogP contribution in [0.2, 0.25) is 0 Å². The van der Waals surface area contributed by atoms with Gasteiger partial charge in [-0.3, -0.25) is 4.90 Å². The van der Waals surface area contributed by atoms with E-state index < -0.39 is 0 Å². The van der Waals surface area contributed by atoms with E-state index in [-0.39, 0.29) is 0 Å². The highest BCUT2D eigenvalue weighted by Gasteiger charge is 2.19. The number of thiophene rings is 2. The van der Waals surface area contributed by atoms with Gasteiger partial charge in [-0.2, -0.15) is 0 Å². The normalized spacial score (nSPS) is 11.7. The maximum atomic E-state index is 2.39. The molecule has 27 heavy (non-hydrogen) atoms. The molecular weight excluding hydrogens is 366 g/mol. The fourth-order valence-corrected chi connectivity index (χ4v) is 5.62. The van der Waals surface area contributed by atoms with Gasteiger partial charge < -0.3 is 0 Å². The van der Waals surface area contributed by atoms with Gasteiger partial charge in [0.15, 0.2) is 0 Å². The van der Waals surface area contributed by atoms with Crippen LogP contribution in [0.15, 0.2) is 89.6 Å².